The molecule has 2 heteroatoms. The minimum absolute atomic E-state index is 0.323. The average Bonchev–Trinajstić information content (AvgIpc) is 2.43. The minimum atomic E-state index is 0.323. The van der Waals surface area contributed by atoms with Crippen LogP contribution in [0.4, 0.5) is 0 Å². The first-order valence-corrected chi connectivity index (χ1v) is 7.79. The molecular formula is C17H28N2. The molecule has 0 saturated heterocycles. The lowest BCUT2D eigenvalue weighted by Gasteiger charge is -2.32. The summed E-state index contributed by atoms with van der Waals surface area (Å²) < 4.78 is 0. The maximum atomic E-state index is 5.84. The van der Waals surface area contributed by atoms with E-state index in [-0.39, 0.29) is 0 Å². The van der Waals surface area contributed by atoms with E-state index in [4.69, 9.17) is 5.84 Å². The van der Waals surface area contributed by atoms with Crippen molar-refractivity contribution < 1.29 is 0 Å². The van der Waals surface area contributed by atoms with E-state index < -0.39 is 0 Å². The van der Waals surface area contributed by atoms with Gasteiger partial charge >= 0.3 is 0 Å². The fourth-order valence-corrected chi connectivity index (χ4v) is 3.35. The van der Waals surface area contributed by atoms with E-state index in [9.17, 15) is 0 Å². The number of hydrogen-bond donors (Lipinski definition) is 2. The molecule has 1 aromatic carbocycles. The summed E-state index contributed by atoms with van der Waals surface area (Å²) >= 11 is 0. The number of rotatable bonds is 5. The Kier molecular flexibility index (Phi) is 5.41. The predicted octanol–water partition coefficient (Wildman–Crippen LogP) is 3.97. The molecule has 1 aliphatic carbocycles. The Hall–Kier alpha value is -0.860. The number of nitrogens with one attached hydrogen (secondary N) is 1. The fourth-order valence-electron chi connectivity index (χ4n) is 3.35. The number of benzene rings is 1. The molecule has 1 unspecified atom stereocenters. The molecule has 1 aliphatic rings. The van der Waals surface area contributed by atoms with Crippen molar-refractivity contribution in [3.8, 4) is 0 Å². The van der Waals surface area contributed by atoms with Crippen LogP contribution in [-0.4, -0.2) is 0 Å². The van der Waals surface area contributed by atoms with Crippen LogP contribution in [-0.2, 0) is 6.42 Å². The van der Waals surface area contributed by atoms with Crippen molar-refractivity contribution in [2.75, 3.05) is 0 Å². The van der Waals surface area contributed by atoms with Crippen LogP contribution in [0.3, 0.4) is 0 Å². The van der Waals surface area contributed by atoms with Gasteiger partial charge in [-0.2, -0.15) is 0 Å². The number of hydrogen-bond acceptors (Lipinski definition) is 2. The maximum absolute atomic E-state index is 5.84. The summed E-state index contributed by atoms with van der Waals surface area (Å²) in [6.45, 7) is 4.59. The maximum Gasteiger partial charge on any atom is 0.0488 e. The molecular weight excluding hydrogens is 232 g/mol. The molecule has 3 N–H and O–H groups in total. The van der Waals surface area contributed by atoms with E-state index in [0.29, 0.717) is 12.0 Å². The van der Waals surface area contributed by atoms with Crippen molar-refractivity contribution in [1.82, 2.24) is 5.43 Å². The van der Waals surface area contributed by atoms with Crippen molar-refractivity contribution in [2.24, 2.45) is 17.7 Å². The molecule has 1 saturated carbocycles. The molecule has 0 amide bonds. The zero-order valence-electron chi connectivity index (χ0n) is 12.4. The first-order chi connectivity index (χ1) is 9.24. The molecule has 2 nitrogen and oxygen atoms in total. The monoisotopic (exact) mass is 260 g/mol. The van der Waals surface area contributed by atoms with Crippen molar-refractivity contribution >= 4 is 0 Å². The van der Waals surface area contributed by atoms with Crippen LogP contribution in [0.25, 0.3) is 0 Å². The van der Waals surface area contributed by atoms with Crippen molar-refractivity contribution in [1.29, 1.82) is 0 Å². The van der Waals surface area contributed by atoms with Crippen molar-refractivity contribution in [3.63, 3.8) is 0 Å². The van der Waals surface area contributed by atoms with E-state index in [1.165, 1.54) is 43.2 Å². The van der Waals surface area contributed by atoms with Gasteiger partial charge in [0.15, 0.2) is 0 Å². The van der Waals surface area contributed by atoms with Gasteiger partial charge in [-0.05, 0) is 42.2 Å². The van der Waals surface area contributed by atoms with Gasteiger partial charge in [0.1, 0.15) is 0 Å². The average molecular weight is 260 g/mol. The third-order valence-corrected chi connectivity index (χ3v) is 4.56. The smallest absolute Gasteiger partial charge is 0.0488 e. The first-order valence-electron chi connectivity index (χ1n) is 7.79. The van der Waals surface area contributed by atoms with E-state index >= 15 is 0 Å². The standard InChI is InChI=1S/C17H28N2/c1-3-5-14-6-4-7-16(12-14)17(19-18)15-10-8-13(2)9-11-15/h4,6-7,12-13,15,17,19H,3,5,8-11,18H2,1-2H3. The third kappa shape index (κ3) is 3.80. The summed E-state index contributed by atoms with van der Waals surface area (Å²) in [6, 6.07) is 9.29. The summed E-state index contributed by atoms with van der Waals surface area (Å²) in [4.78, 5) is 0. The molecule has 0 heterocycles. The highest BCUT2D eigenvalue weighted by molar-refractivity contribution is 5.26. The number of nitrogens with two attached hydrogens (primary N) is 1. The lowest BCUT2D eigenvalue weighted by molar-refractivity contribution is 0.232. The van der Waals surface area contributed by atoms with Gasteiger partial charge in [0.2, 0.25) is 0 Å². The van der Waals surface area contributed by atoms with Gasteiger partial charge in [0, 0.05) is 6.04 Å². The fraction of sp³-hybridized carbons (Fsp3) is 0.647. The van der Waals surface area contributed by atoms with Gasteiger partial charge < -0.3 is 0 Å². The molecule has 106 valence electrons. The Morgan fingerprint density at radius 3 is 2.63 bits per heavy atom. The molecule has 1 atom stereocenters. The van der Waals surface area contributed by atoms with E-state index in [1.807, 2.05) is 0 Å². The lowest BCUT2D eigenvalue weighted by Crippen LogP contribution is -2.35. The van der Waals surface area contributed by atoms with E-state index in [1.54, 1.807) is 0 Å². The second kappa shape index (κ2) is 7.06. The Bertz CT molecular complexity index is 381. The molecule has 0 spiro atoms. The second-order valence-electron chi connectivity index (χ2n) is 6.16. The van der Waals surface area contributed by atoms with Crippen LogP contribution in [0, 0.1) is 11.8 Å². The van der Waals surface area contributed by atoms with Crippen LogP contribution in [0.15, 0.2) is 24.3 Å². The summed E-state index contributed by atoms with van der Waals surface area (Å²) in [5, 5.41) is 0. The van der Waals surface area contributed by atoms with Crippen molar-refractivity contribution in [2.45, 2.75) is 58.4 Å². The highest BCUT2D eigenvalue weighted by Crippen LogP contribution is 2.36. The van der Waals surface area contributed by atoms with Gasteiger partial charge in [0.05, 0.1) is 0 Å². The lowest BCUT2D eigenvalue weighted by atomic mass is 9.77. The zero-order valence-corrected chi connectivity index (χ0v) is 12.4. The van der Waals surface area contributed by atoms with Crippen LogP contribution in [0.1, 0.15) is 63.1 Å². The van der Waals surface area contributed by atoms with E-state index in [0.717, 1.165) is 12.3 Å². The molecule has 0 bridgehead atoms. The zero-order chi connectivity index (χ0) is 13.7. The molecule has 1 fully saturated rings. The van der Waals surface area contributed by atoms with Gasteiger partial charge in [-0.25, -0.2) is 0 Å². The van der Waals surface area contributed by atoms with Gasteiger partial charge in [-0.1, -0.05) is 57.4 Å². The Morgan fingerprint density at radius 2 is 2.00 bits per heavy atom. The largest absolute Gasteiger partial charge is 0.271 e. The summed E-state index contributed by atoms with van der Waals surface area (Å²) in [5.41, 5.74) is 5.88. The number of hydrazine groups is 1. The van der Waals surface area contributed by atoms with Crippen LogP contribution >= 0.6 is 0 Å². The topological polar surface area (TPSA) is 38.0 Å². The highest BCUT2D eigenvalue weighted by Gasteiger charge is 2.26. The Balaban J connectivity index is 2.10. The summed E-state index contributed by atoms with van der Waals surface area (Å²) in [7, 11) is 0. The molecule has 2 rings (SSSR count). The molecule has 1 aromatic rings. The SMILES string of the molecule is CCCc1cccc(C(NN)C2CCC(C)CC2)c1. The molecule has 0 aromatic heterocycles. The Morgan fingerprint density at radius 1 is 1.26 bits per heavy atom. The molecule has 0 radical (unpaired) electrons. The first kappa shape index (κ1) is 14.5. The number of aryl methyl sites for hydroxylation is 1. The van der Waals surface area contributed by atoms with Gasteiger partial charge in [-0.15, -0.1) is 0 Å². The van der Waals surface area contributed by atoms with Crippen molar-refractivity contribution in [3.05, 3.63) is 35.4 Å². The van der Waals surface area contributed by atoms with Gasteiger partial charge in [-0.3, -0.25) is 11.3 Å². The predicted molar refractivity (Wildman–Crippen MR) is 81.6 cm³/mol. The van der Waals surface area contributed by atoms with Crippen LogP contribution in [0.5, 0.6) is 0 Å². The highest BCUT2D eigenvalue weighted by atomic mass is 15.2. The molecule has 19 heavy (non-hydrogen) atoms. The van der Waals surface area contributed by atoms with Gasteiger partial charge in [0.25, 0.3) is 0 Å². The third-order valence-electron chi connectivity index (χ3n) is 4.56. The van der Waals surface area contributed by atoms with E-state index in [2.05, 4.69) is 43.5 Å². The summed E-state index contributed by atoms with van der Waals surface area (Å²) in [5.74, 6) is 7.43. The Labute approximate surface area is 117 Å². The quantitative estimate of drug-likeness (QED) is 0.621. The second-order valence-corrected chi connectivity index (χ2v) is 6.16. The summed E-state index contributed by atoms with van der Waals surface area (Å²) in [6.07, 6.45) is 7.65. The minimum Gasteiger partial charge on any atom is -0.271 e. The normalized spacial score (nSPS) is 25.2. The van der Waals surface area contributed by atoms with Crippen LogP contribution in [0.2, 0.25) is 0 Å². The molecule has 0 aliphatic heterocycles. The van der Waals surface area contributed by atoms with Crippen LogP contribution < -0.4 is 11.3 Å².